The highest BCUT2D eigenvalue weighted by Gasteiger charge is 2.39. The summed E-state index contributed by atoms with van der Waals surface area (Å²) in [4.78, 5) is 4.10. The van der Waals surface area contributed by atoms with Gasteiger partial charge in [-0.15, -0.1) is 0 Å². The lowest BCUT2D eigenvalue weighted by molar-refractivity contribution is -0.106. The van der Waals surface area contributed by atoms with E-state index in [0.29, 0.717) is 18.4 Å². The van der Waals surface area contributed by atoms with Gasteiger partial charge in [0.15, 0.2) is 0 Å². The SMILES string of the molecule is CC1(C)CN(S(=O)(=O)c2cccnc2)CC(CBr)O1. The summed E-state index contributed by atoms with van der Waals surface area (Å²) in [6.45, 7) is 4.49. The van der Waals surface area contributed by atoms with Crippen LogP contribution in [0.15, 0.2) is 29.4 Å². The minimum atomic E-state index is -3.51. The monoisotopic (exact) mass is 348 g/mol. The van der Waals surface area contributed by atoms with Crippen LogP contribution in [-0.4, -0.2) is 47.8 Å². The summed E-state index contributed by atoms with van der Waals surface area (Å²) in [5.74, 6) is 0. The van der Waals surface area contributed by atoms with Gasteiger partial charge in [0.2, 0.25) is 10.0 Å². The molecule has 1 unspecified atom stereocenters. The Morgan fingerprint density at radius 1 is 1.58 bits per heavy atom. The van der Waals surface area contributed by atoms with Gasteiger partial charge in [0.1, 0.15) is 4.90 Å². The average Bonchev–Trinajstić information content (AvgIpc) is 2.37. The van der Waals surface area contributed by atoms with E-state index in [1.54, 1.807) is 18.3 Å². The molecule has 0 radical (unpaired) electrons. The van der Waals surface area contributed by atoms with Crippen molar-refractivity contribution in [3.63, 3.8) is 0 Å². The summed E-state index contributed by atoms with van der Waals surface area (Å²) in [6.07, 6.45) is 2.79. The van der Waals surface area contributed by atoms with Crippen molar-refractivity contribution in [1.82, 2.24) is 9.29 Å². The van der Waals surface area contributed by atoms with Gasteiger partial charge in [0, 0.05) is 30.8 Å². The highest BCUT2D eigenvalue weighted by molar-refractivity contribution is 9.09. The number of nitrogens with zero attached hydrogens (tertiary/aromatic N) is 2. The molecule has 1 atom stereocenters. The van der Waals surface area contributed by atoms with E-state index in [4.69, 9.17) is 4.74 Å². The number of rotatable bonds is 3. The Morgan fingerprint density at radius 2 is 2.32 bits per heavy atom. The zero-order chi connectivity index (χ0) is 14.1. The molecule has 0 bridgehead atoms. The summed E-state index contributed by atoms with van der Waals surface area (Å²) >= 11 is 3.35. The molecular formula is C12H17BrN2O3S. The highest BCUT2D eigenvalue weighted by atomic mass is 79.9. The molecule has 0 spiro atoms. The smallest absolute Gasteiger partial charge is 0.244 e. The first-order valence-electron chi connectivity index (χ1n) is 5.99. The number of morpholine rings is 1. The molecule has 7 heteroatoms. The van der Waals surface area contributed by atoms with Gasteiger partial charge in [0.05, 0.1) is 11.7 Å². The number of alkyl halides is 1. The van der Waals surface area contributed by atoms with Crippen molar-refractivity contribution in [3.8, 4) is 0 Å². The Balaban J connectivity index is 2.30. The van der Waals surface area contributed by atoms with Crippen molar-refractivity contribution in [2.45, 2.75) is 30.4 Å². The van der Waals surface area contributed by atoms with E-state index in [9.17, 15) is 8.42 Å². The normalized spacial score (nSPS) is 24.3. The van der Waals surface area contributed by atoms with Crippen molar-refractivity contribution in [1.29, 1.82) is 0 Å². The first kappa shape index (κ1) is 14.9. The van der Waals surface area contributed by atoms with Crippen LogP contribution in [0.1, 0.15) is 13.8 Å². The van der Waals surface area contributed by atoms with Crippen molar-refractivity contribution in [2.24, 2.45) is 0 Å². The second-order valence-corrected chi connectivity index (χ2v) is 7.73. The van der Waals surface area contributed by atoms with Gasteiger partial charge in [-0.2, -0.15) is 4.31 Å². The van der Waals surface area contributed by atoms with Crippen LogP contribution in [0.25, 0.3) is 0 Å². The molecule has 19 heavy (non-hydrogen) atoms. The highest BCUT2D eigenvalue weighted by Crippen LogP contribution is 2.26. The molecule has 1 aromatic heterocycles. The van der Waals surface area contributed by atoms with E-state index < -0.39 is 15.6 Å². The molecule has 0 aliphatic carbocycles. The molecule has 1 fully saturated rings. The summed E-state index contributed by atoms with van der Waals surface area (Å²) in [6, 6.07) is 3.19. The second-order valence-electron chi connectivity index (χ2n) is 5.14. The van der Waals surface area contributed by atoms with E-state index in [-0.39, 0.29) is 11.0 Å². The number of pyridine rings is 1. The van der Waals surface area contributed by atoms with Crippen LogP contribution in [0.5, 0.6) is 0 Å². The van der Waals surface area contributed by atoms with E-state index >= 15 is 0 Å². The number of hydrogen-bond donors (Lipinski definition) is 0. The van der Waals surface area contributed by atoms with E-state index in [1.165, 1.54) is 10.5 Å². The van der Waals surface area contributed by atoms with Crippen LogP contribution >= 0.6 is 15.9 Å². The molecule has 1 saturated heterocycles. The average molecular weight is 349 g/mol. The van der Waals surface area contributed by atoms with Crippen molar-refractivity contribution < 1.29 is 13.2 Å². The fourth-order valence-electron chi connectivity index (χ4n) is 2.15. The summed E-state index contributed by atoms with van der Waals surface area (Å²) in [5.41, 5.74) is -0.494. The van der Waals surface area contributed by atoms with Crippen LogP contribution in [0.3, 0.4) is 0 Å². The lowest BCUT2D eigenvalue weighted by Crippen LogP contribution is -2.54. The quantitative estimate of drug-likeness (QED) is 0.779. The van der Waals surface area contributed by atoms with Crippen LogP contribution in [-0.2, 0) is 14.8 Å². The Hall–Kier alpha value is -0.500. The van der Waals surface area contributed by atoms with Crippen LogP contribution in [0.2, 0.25) is 0 Å². The fraction of sp³-hybridized carbons (Fsp3) is 0.583. The first-order chi connectivity index (χ1) is 8.85. The van der Waals surface area contributed by atoms with Crippen LogP contribution < -0.4 is 0 Å². The van der Waals surface area contributed by atoms with Crippen molar-refractivity contribution in [2.75, 3.05) is 18.4 Å². The standard InChI is InChI=1S/C12H17BrN2O3S/c1-12(2)9-15(8-10(6-13)18-12)19(16,17)11-4-3-5-14-7-11/h3-5,7,10H,6,8-9H2,1-2H3. The van der Waals surface area contributed by atoms with Crippen LogP contribution in [0.4, 0.5) is 0 Å². The molecule has 0 N–H and O–H groups in total. The van der Waals surface area contributed by atoms with E-state index in [0.717, 1.165) is 0 Å². The largest absolute Gasteiger partial charge is 0.369 e. The lowest BCUT2D eigenvalue weighted by atomic mass is 10.1. The van der Waals surface area contributed by atoms with Gasteiger partial charge in [0.25, 0.3) is 0 Å². The number of sulfonamides is 1. The molecule has 1 aliphatic heterocycles. The third kappa shape index (κ3) is 3.34. The summed E-state index contributed by atoms with van der Waals surface area (Å²) in [7, 11) is -3.51. The minimum absolute atomic E-state index is 0.143. The topological polar surface area (TPSA) is 59.5 Å². The molecule has 1 aromatic rings. The number of hydrogen-bond acceptors (Lipinski definition) is 4. The molecule has 106 valence electrons. The summed E-state index contributed by atoms with van der Waals surface area (Å²) < 4.78 is 32.4. The van der Waals surface area contributed by atoms with Gasteiger partial charge < -0.3 is 4.74 Å². The maximum absolute atomic E-state index is 12.6. The zero-order valence-corrected chi connectivity index (χ0v) is 13.3. The maximum Gasteiger partial charge on any atom is 0.244 e. The summed E-state index contributed by atoms with van der Waals surface area (Å²) in [5, 5.41) is 0.607. The lowest BCUT2D eigenvalue weighted by Gasteiger charge is -2.41. The van der Waals surface area contributed by atoms with E-state index in [1.807, 2.05) is 13.8 Å². The van der Waals surface area contributed by atoms with Gasteiger partial charge in [-0.05, 0) is 26.0 Å². The van der Waals surface area contributed by atoms with E-state index in [2.05, 4.69) is 20.9 Å². The second kappa shape index (κ2) is 5.47. The minimum Gasteiger partial charge on any atom is -0.369 e. The predicted octanol–water partition coefficient (Wildman–Crippen LogP) is 1.64. The Morgan fingerprint density at radius 3 is 2.89 bits per heavy atom. The Labute approximate surface area is 122 Å². The molecular weight excluding hydrogens is 332 g/mol. The third-order valence-electron chi connectivity index (χ3n) is 2.89. The number of halogens is 1. The molecule has 5 nitrogen and oxygen atoms in total. The third-order valence-corrected chi connectivity index (χ3v) is 5.41. The Bertz CT molecular complexity index is 533. The van der Waals surface area contributed by atoms with Gasteiger partial charge in [-0.3, -0.25) is 4.98 Å². The molecule has 0 saturated carbocycles. The zero-order valence-electron chi connectivity index (χ0n) is 10.9. The van der Waals surface area contributed by atoms with Gasteiger partial charge >= 0.3 is 0 Å². The molecule has 0 amide bonds. The maximum atomic E-state index is 12.6. The first-order valence-corrected chi connectivity index (χ1v) is 8.55. The van der Waals surface area contributed by atoms with Gasteiger partial charge in [-0.1, -0.05) is 15.9 Å². The van der Waals surface area contributed by atoms with Crippen LogP contribution in [0, 0.1) is 0 Å². The molecule has 0 aromatic carbocycles. The number of aromatic nitrogens is 1. The predicted molar refractivity (Wildman–Crippen MR) is 75.7 cm³/mol. The van der Waals surface area contributed by atoms with Crippen molar-refractivity contribution in [3.05, 3.63) is 24.5 Å². The van der Waals surface area contributed by atoms with Crippen molar-refractivity contribution >= 4 is 26.0 Å². The number of ether oxygens (including phenoxy) is 1. The molecule has 1 aliphatic rings. The molecule has 2 heterocycles. The van der Waals surface area contributed by atoms with Gasteiger partial charge in [-0.25, -0.2) is 8.42 Å². The molecule has 2 rings (SSSR count). The fourth-order valence-corrected chi connectivity index (χ4v) is 4.08. The Kier molecular flexibility index (Phi) is 4.29.